The topological polar surface area (TPSA) is 57.7 Å². The molecule has 5 nitrogen and oxygen atoms in total. The number of benzene rings is 2. The normalized spacial score (nSPS) is 15.7. The molecule has 3 rings (SSSR count). The van der Waals surface area contributed by atoms with Crippen LogP contribution in [0.2, 0.25) is 0 Å². The molecule has 1 fully saturated rings. The highest BCUT2D eigenvalue weighted by atomic mass is 32.2. The molecular formula is C20H23FN2O3S. The number of hydrogen-bond acceptors (Lipinski definition) is 4. The molecule has 144 valence electrons. The van der Waals surface area contributed by atoms with Gasteiger partial charge in [0.05, 0.1) is 10.6 Å². The largest absolute Gasteiger partial charge is 0.367 e. The maximum atomic E-state index is 14.3. The average Bonchev–Trinajstić information content (AvgIpc) is 2.68. The van der Waals surface area contributed by atoms with Crippen LogP contribution in [0.25, 0.3) is 0 Å². The van der Waals surface area contributed by atoms with Crippen LogP contribution < -0.4 is 4.90 Å². The minimum absolute atomic E-state index is 0.189. The summed E-state index contributed by atoms with van der Waals surface area (Å²) in [6, 6.07) is 11.3. The van der Waals surface area contributed by atoms with Crippen LogP contribution in [0.4, 0.5) is 10.1 Å². The number of Topliss-reactive ketones (excluding diaryl/α,β-unsaturated/α-hetero) is 1. The van der Waals surface area contributed by atoms with Crippen LogP contribution in [0, 0.1) is 5.82 Å². The van der Waals surface area contributed by atoms with E-state index in [-0.39, 0.29) is 23.8 Å². The zero-order chi connectivity index (χ0) is 19.6. The number of piperazine rings is 1. The molecule has 0 aliphatic carbocycles. The van der Waals surface area contributed by atoms with E-state index in [1.807, 2.05) is 24.0 Å². The van der Waals surface area contributed by atoms with Crippen molar-refractivity contribution in [3.63, 3.8) is 0 Å². The lowest BCUT2D eigenvalue weighted by Gasteiger charge is -2.35. The van der Waals surface area contributed by atoms with E-state index in [1.54, 1.807) is 24.3 Å². The molecule has 0 amide bonds. The van der Waals surface area contributed by atoms with Crippen molar-refractivity contribution < 1.29 is 17.6 Å². The van der Waals surface area contributed by atoms with Gasteiger partial charge in [-0.2, -0.15) is 4.31 Å². The predicted octanol–water partition coefficient (Wildman–Crippen LogP) is 3.10. The van der Waals surface area contributed by atoms with Gasteiger partial charge in [-0.25, -0.2) is 12.8 Å². The fraction of sp³-hybridized carbons (Fsp3) is 0.350. The second kappa shape index (κ2) is 7.78. The van der Waals surface area contributed by atoms with Crippen molar-refractivity contribution >= 4 is 21.5 Å². The summed E-state index contributed by atoms with van der Waals surface area (Å²) in [5.41, 5.74) is 1.81. The molecule has 0 saturated carbocycles. The summed E-state index contributed by atoms with van der Waals surface area (Å²) in [5.74, 6) is -0.653. The van der Waals surface area contributed by atoms with Gasteiger partial charge in [-0.1, -0.05) is 19.1 Å². The quantitative estimate of drug-likeness (QED) is 0.736. The van der Waals surface area contributed by atoms with E-state index in [9.17, 15) is 17.6 Å². The van der Waals surface area contributed by atoms with Crippen molar-refractivity contribution in [2.24, 2.45) is 0 Å². The van der Waals surface area contributed by atoms with E-state index in [4.69, 9.17) is 0 Å². The molecule has 0 radical (unpaired) electrons. The number of halogens is 1. The van der Waals surface area contributed by atoms with Gasteiger partial charge in [0.2, 0.25) is 10.0 Å². The zero-order valence-electron chi connectivity index (χ0n) is 15.5. The first kappa shape index (κ1) is 19.5. The number of aryl methyl sites for hydroxylation is 1. The van der Waals surface area contributed by atoms with E-state index in [2.05, 4.69) is 0 Å². The zero-order valence-corrected chi connectivity index (χ0v) is 16.3. The summed E-state index contributed by atoms with van der Waals surface area (Å²) in [7, 11) is -3.55. The Morgan fingerprint density at radius 2 is 1.67 bits per heavy atom. The third-order valence-electron chi connectivity index (χ3n) is 4.90. The number of hydrogen-bond donors (Lipinski definition) is 0. The van der Waals surface area contributed by atoms with Crippen LogP contribution in [0.1, 0.15) is 29.8 Å². The number of rotatable bonds is 5. The number of ketones is 1. The summed E-state index contributed by atoms with van der Waals surface area (Å²) in [5, 5.41) is 0. The fourth-order valence-electron chi connectivity index (χ4n) is 3.20. The van der Waals surface area contributed by atoms with E-state index in [1.165, 1.54) is 17.3 Å². The Balaban J connectivity index is 1.72. The van der Waals surface area contributed by atoms with Gasteiger partial charge in [0.25, 0.3) is 0 Å². The lowest BCUT2D eigenvalue weighted by atomic mass is 10.1. The van der Waals surface area contributed by atoms with Crippen LogP contribution in [0.5, 0.6) is 0 Å². The fourth-order valence-corrected chi connectivity index (χ4v) is 4.62. The number of nitrogens with zero attached hydrogens (tertiary/aromatic N) is 2. The molecule has 0 N–H and O–H groups in total. The Kier molecular flexibility index (Phi) is 5.62. The number of carbonyl (C=O) groups excluding carboxylic acids is 1. The van der Waals surface area contributed by atoms with Crippen molar-refractivity contribution in [2.45, 2.75) is 25.2 Å². The molecule has 0 atom stereocenters. The maximum Gasteiger partial charge on any atom is 0.243 e. The summed E-state index contributed by atoms with van der Waals surface area (Å²) in [6.07, 6.45) is 0.854. The summed E-state index contributed by atoms with van der Waals surface area (Å²) < 4.78 is 41.4. The highest BCUT2D eigenvalue weighted by Crippen LogP contribution is 2.24. The predicted molar refractivity (Wildman–Crippen MR) is 103 cm³/mol. The van der Waals surface area contributed by atoms with E-state index in [0.29, 0.717) is 24.3 Å². The molecule has 2 aromatic rings. The van der Waals surface area contributed by atoms with Gasteiger partial charge in [-0.05, 0) is 49.2 Å². The molecule has 0 bridgehead atoms. The number of anilines is 1. The molecule has 0 aromatic heterocycles. The minimum atomic E-state index is -3.55. The van der Waals surface area contributed by atoms with Gasteiger partial charge in [-0.3, -0.25) is 4.79 Å². The standard InChI is InChI=1S/C20H23FN2O3S/c1-3-16-4-7-18(8-5-16)27(25,26)23-12-10-22(11-13-23)20-9-6-17(15(2)24)14-19(20)21/h4-9,14H,3,10-13H2,1-2H3. The van der Waals surface area contributed by atoms with Crippen LogP contribution in [-0.4, -0.2) is 44.7 Å². The second-order valence-corrected chi connectivity index (χ2v) is 8.55. The summed E-state index contributed by atoms with van der Waals surface area (Å²) in [4.78, 5) is 13.5. The molecular weight excluding hydrogens is 367 g/mol. The lowest BCUT2D eigenvalue weighted by molar-refractivity contribution is 0.101. The number of carbonyl (C=O) groups is 1. The molecule has 0 spiro atoms. The van der Waals surface area contributed by atoms with Gasteiger partial charge in [0.15, 0.2) is 5.78 Å². The van der Waals surface area contributed by atoms with Crippen LogP contribution >= 0.6 is 0 Å². The first-order valence-electron chi connectivity index (χ1n) is 8.97. The first-order valence-corrected chi connectivity index (χ1v) is 10.4. The Hall–Kier alpha value is -2.25. The third-order valence-corrected chi connectivity index (χ3v) is 6.82. The third kappa shape index (κ3) is 4.04. The van der Waals surface area contributed by atoms with Gasteiger partial charge >= 0.3 is 0 Å². The van der Waals surface area contributed by atoms with Gasteiger partial charge in [0.1, 0.15) is 5.82 Å². The van der Waals surface area contributed by atoms with Crippen molar-refractivity contribution in [2.75, 3.05) is 31.1 Å². The molecule has 1 saturated heterocycles. The average molecular weight is 390 g/mol. The van der Waals surface area contributed by atoms with Crippen molar-refractivity contribution in [3.05, 3.63) is 59.4 Å². The summed E-state index contributed by atoms with van der Waals surface area (Å²) in [6.45, 7) is 4.76. The Morgan fingerprint density at radius 1 is 1.04 bits per heavy atom. The van der Waals surface area contributed by atoms with Crippen LogP contribution in [0.15, 0.2) is 47.4 Å². The Bertz CT molecular complexity index is 934. The van der Waals surface area contributed by atoms with E-state index < -0.39 is 15.8 Å². The molecule has 0 unspecified atom stereocenters. The molecule has 1 aliphatic heterocycles. The minimum Gasteiger partial charge on any atom is -0.367 e. The van der Waals surface area contributed by atoms with Crippen molar-refractivity contribution in [1.82, 2.24) is 4.31 Å². The van der Waals surface area contributed by atoms with E-state index >= 15 is 0 Å². The van der Waals surface area contributed by atoms with Crippen LogP contribution in [0.3, 0.4) is 0 Å². The van der Waals surface area contributed by atoms with Gasteiger partial charge in [-0.15, -0.1) is 0 Å². The van der Waals surface area contributed by atoms with Gasteiger partial charge in [0, 0.05) is 31.7 Å². The summed E-state index contributed by atoms with van der Waals surface area (Å²) >= 11 is 0. The van der Waals surface area contributed by atoms with Crippen molar-refractivity contribution in [3.8, 4) is 0 Å². The smallest absolute Gasteiger partial charge is 0.243 e. The molecule has 2 aromatic carbocycles. The molecule has 1 aliphatic rings. The van der Waals surface area contributed by atoms with E-state index in [0.717, 1.165) is 12.0 Å². The number of sulfonamides is 1. The highest BCUT2D eigenvalue weighted by Gasteiger charge is 2.29. The second-order valence-electron chi connectivity index (χ2n) is 6.61. The molecule has 7 heteroatoms. The van der Waals surface area contributed by atoms with Crippen LogP contribution in [-0.2, 0) is 16.4 Å². The Labute approximate surface area is 159 Å². The van der Waals surface area contributed by atoms with Gasteiger partial charge < -0.3 is 4.90 Å². The molecule has 27 heavy (non-hydrogen) atoms. The first-order chi connectivity index (χ1) is 12.8. The lowest BCUT2D eigenvalue weighted by Crippen LogP contribution is -2.48. The highest BCUT2D eigenvalue weighted by molar-refractivity contribution is 7.89. The molecule has 1 heterocycles. The monoisotopic (exact) mass is 390 g/mol. The van der Waals surface area contributed by atoms with Crippen molar-refractivity contribution in [1.29, 1.82) is 0 Å². The maximum absolute atomic E-state index is 14.3. The Morgan fingerprint density at radius 3 is 2.19 bits per heavy atom. The SMILES string of the molecule is CCc1ccc(S(=O)(=O)N2CCN(c3ccc(C(C)=O)cc3F)CC2)cc1.